The quantitative estimate of drug-likeness (QED) is 0.532. The molecule has 26 heavy (non-hydrogen) atoms. The molecule has 0 unspecified atom stereocenters. The van der Waals surface area contributed by atoms with E-state index in [2.05, 4.69) is 15.9 Å². The van der Waals surface area contributed by atoms with E-state index in [1.807, 2.05) is 6.92 Å². The van der Waals surface area contributed by atoms with Crippen molar-refractivity contribution >= 4 is 33.6 Å². The Hall–Kier alpha value is -2.16. The molecule has 0 bridgehead atoms. The van der Waals surface area contributed by atoms with Crippen LogP contribution in [0.25, 0.3) is 0 Å². The Morgan fingerprint density at radius 1 is 1.31 bits per heavy atom. The fourth-order valence-electron chi connectivity index (χ4n) is 2.73. The number of ether oxygens (including phenoxy) is 1. The lowest BCUT2D eigenvalue weighted by Crippen LogP contribution is -2.56. The molecule has 0 aromatic heterocycles. The van der Waals surface area contributed by atoms with Gasteiger partial charge in [-0.3, -0.25) is 14.9 Å². The predicted molar refractivity (Wildman–Crippen MR) is 99.1 cm³/mol. The van der Waals surface area contributed by atoms with Gasteiger partial charge < -0.3 is 14.5 Å². The van der Waals surface area contributed by atoms with Gasteiger partial charge in [0.2, 0.25) is 0 Å². The van der Waals surface area contributed by atoms with Gasteiger partial charge in [0, 0.05) is 31.7 Å². The minimum atomic E-state index is -0.582. The fourth-order valence-corrected chi connectivity index (χ4v) is 3.31. The number of amides is 2. The van der Waals surface area contributed by atoms with Crippen LogP contribution in [0.1, 0.15) is 38.1 Å². The fraction of sp³-hybridized carbons (Fsp3) is 0.529. The number of benzene rings is 1. The third-order valence-electron chi connectivity index (χ3n) is 3.95. The summed E-state index contributed by atoms with van der Waals surface area (Å²) in [6.07, 6.45) is -0.409. The molecule has 8 nitrogen and oxygen atoms in total. The molecular formula is C17H22BrN3O5. The minimum Gasteiger partial charge on any atom is -0.444 e. The van der Waals surface area contributed by atoms with Crippen molar-refractivity contribution in [2.45, 2.75) is 39.3 Å². The summed E-state index contributed by atoms with van der Waals surface area (Å²) in [6.45, 7) is 8.24. The SMILES string of the molecule is C[C@H]1CN(C(=O)OC(C)(C)C)CCN1C(=O)c1cccc([N+](=O)[O-])c1Br. The van der Waals surface area contributed by atoms with Crippen LogP contribution in [0, 0.1) is 10.1 Å². The first-order valence-corrected chi connectivity index (χ1v) is 9.02. The van der Waals surface area contributed by atoms with Crippen molar-refractivity contribution in [2.24, 2.45) is 0 Å². The summed E-state index contributed by atoms with van der Waals surface area (Å²) in [7, 11) is 0. The number of rotatable bonds is 2. The molecule has 1 aliphatic heterocycles. The summed E-state index contributed by atoms with van der Waals surface area (Å²) in [6, 6.07) is 4.13. The lowest BCUT2D eigenvalue weighted by molar-refractivity contribution is -0.385. The number of nitro groups is 1. The van der Waals surface area contributed by atoms with Gasteiger partial charge in [0.15, 0.2) is 0 Å². The molecule has 0 aliphatic carbocycles. The summed E-state index contributed by atoms with van der Waals surface area (Å²) in [5.74, 6) is -0.308. The maximum absolute atomic E-state index is 12.8. The lowest BCUT2D eigenvalue weighted by Gasteiger charge is -2.40. The average molecular weight is 428 g/mol. The highest BCUT2D eigenvalue weighted by Crippen LogP contribution is 2.30. The largest absolute Gasteiger partial charge is 0.444 e. The molecule has 0 radical (unpaired) electrons. The Kier molecular flexibility index (Phi) is 5.90. The van der Waals surface area contributed by atoms with Gasteiger partial charge >= 0.3 is 6.09 Å². The molecule has 1 aromatic rings. The minimum absolute atomic E-state index is 0.157. The van der Waals surface area contributed by atoms with Gasteiger partial charge in [-0.15, -0.1) is 0 Å². The molecule has 0 N–H and O–H groups in total. The molecular weight excluding hydrogens is 406 g/mol. The normalized spacial score (nSPS) is 17.8. The molecule has 1 fully saturated rings. The summed E-state index contributed by atoms with van der Waals surface area (Å²) in [4.78, 5) is 38.8. The average Bonchev–Trinajstić information content (AvgIpc) is 2.52. The van der Waals surface area contributed by atoms with E-state index in [9.17, 15) is 19.7 Å². The number of carbonyl (C=O) groups excluding carboxylic acids is 2. The Bertz CT molecular complexity index is 732. The van der Waals surface area contributed by atoms with Crippen molar-refractivity contribution in [2.75, 3.05) is 19.6 Å². The van der Waals surface area contributed by atoms with E-state index in [1.54, 1.807) is 36.6 Å². The first-order chi connectivity index (χ1) is 12.0. The number of piperazine rings is 1. The smallest absolute Gasteiger partial charge is 0.410 e. The van der Waals surface area contributed by atoms with Crippen molar-refractivity contribution in [1.82, 2.24) is 9.80 Å². The molecule has 142 valence electrons. The number of hydrogen-bond acceptors (Lipinski definition) is 5. The highest BCUT2D eigenvalue weighted by Gasteiger charge is 2.33. The molecule has 1 saturated heterocycles. The van der Waals surface area contributed by atoms with Crippen LogP contribution in [0.15, 0.2) is 22.7 Å². The third-order valence-corrected chi connectivity index (χ3v) is 4.78. The van der Waals surface area contributed by atoms with Crippen LogP contribution >= 0.6 is 15.9 Å². The molecule has 2 rings (SSSR count). The molecule has 0 spiro atoms. The highest BCUT2D eigenvalue weighted by molar-refractivity contribution is 9.10. The third kappa shape index (κ3) is 4.51. The molecule has 1 aromatic carbocycles. The second-order valence-electron chi connectivity index (χ2n) is 7.17. The van der Waals surface area contributed by atoms with E-state index in [0.29, 0.717) is 19.6 Å². The first kappa shape index (κ1) is 20.2. The van der Waals surface area contributed by atoms with Crippen LogP contribution in [0.5, 0.6) is 0 Å². The second kappa shape index (κ2) is 7.61. The molecule has 9 heteroatoms. The van der Waals surface area contributed by atoms with Gasteiger partial charge in [-0.1, -0.05) is 6.07 Å². The Morgan fingerprint density at radius 2 is 1.96 bits per heavy atom. The number of hydrogen-bond donors (Lipinski definition) is 0. The second-order valence-corrected chi connectivity index (χ2v) is 7.96. The van der Waals surface area contributed by atoms with Gasteiger partial charge in [0.1, 0.15) is 10.1 Å². The number of carbonyl (C=O) groups is 2. The van der Waals surface area contributed by atoms with E-state index >= 15 is 0 Å². The van der Waals surface area contributed by atoms with Crippen molar-refractivity contribution in [1.29, 1.82) is 0 Å². The van der Waals surface area contributed by atoms with Crippen LogP contribution < -0.4 is 0 Å². The van der Waals surface area contributed by atoms with Gasteiger partial charge in [-0.05, 0) is 49.7 Å². The highest BCUT2D eigenvalue weighted by atomic mass is 79.9. The van der Waals surface area contributed by atoms with Crippen molar-refractivity contribution in [3.8, 4) is 0 Å². The Morgan fingerprint density at radius 3 is 2.50 bits per heavy atom. The van der Waals surface area contributed by atoms with Crippen LogP contribution in [0.4, 0.5) is 10.5 Å². The van der Waals surface area contributed by atoms with Gasteiger partial charge in [0.05, 0.1) is 10.5 Å². The van der Waals surface area contributed by atoms with E-state index in [0.717, 1.165) is 0 Å². The van der Waals surface area contributed by atoms with Crippen molar-refractivity contribution in [3.63, 3.8) is 0 Å². The summed E-state index contributed by atoms with van der Waals surface area (Å²) in [5, 5.41) is 11.1. The van der Waals surface area contributed by atoms with Crippen molar-refractivity contribution in [3.05, 3.63) is 38.3 Å². The van der Waals surface area contributed by atoms with E-state index in [-0.39, 0.29) is 27.7 Å². The maximum Gasteiger partial charge on any atom is 0.410 e. The van der Waals surface area contributed by atoms with Crippen LogP contribution in [-0.4, -0.2) is 58.0 Å². The van der Waals surface area contributed by atoms with E-state index in [1.165, 1.54) is 12.1 Å². The predicted octanol–water partition coefficient (Wildman–Crippen LogP) is 3.44. The molecule has 1 aliphatic rings. The van der Waals surface area contributed by atoms with E-state index in [4.69, 9.17) is 4.74 Å². The summed E-state index contributed by atoms with van der Waals surface area (Å²) < 4.78 is 5.53. The zero-order valence-electron chi connectivity index (χ0n) is 15.2. The summed E-state index contributed by atoms with van der Waals surface area (Å²) in [5.41, 5.74) is -0.506. The number of nitrogens with zero attached hydrogens (tertiary/aromatic N) is 3. The number of halogens is 1. The topological polar surface area (TPSA) is 93.0 Å². The molecule has 1 heterocycles. The van der Waals surface area contributed by atoms with Crippen molar-refractivity contribution < 1.29 is 19.2 Å². The Balaban J connectivity index is 2.13. The lowest BCUT2D eigenvalue weighted by atomic mass is 10.1. The Labute approximate surface area is 160 Å². The van der Waals surface area contributed by atoms with Crippen LogP contribution in [0.2, 0.25) is 0 Å². The summed E-state index contributed by atoms with van der Waals surface area (Å²) >= 11 is 3.16. The van der Waals surface area contributed by atoms with Crippen LogP contribution in [0.3, 0.4) is 0 Å². The van der Waals surface area contributed by atoms with Gasteiger partial charge in [0.25, 0.3) is 11.6 Å². The van der Waals surface area contributed by atoms with E-state index < -0.39 is 16.6 Å². The van der Waals surface area contributed by atoms with Gasteiger partial charge in [-0.25, -0.2) is 4.79 Å². The molecule has 0 saturated carbocycles. The first-order valence-electron chi connectivity index (χ1n) is 8.23. The zero-order valence-corrected chi connectivity index (χ0v) is 16.8. The molecule has 1 atom stereocenters. The van der Waals surface area contributed by atoms with Gasteiger partial charge in [-0.2, -0.15) is 0 Å². The number of nitro benzene ring substituents is 1. The standard InChI is InChI=1S/C17H22BrN3O5/c1-11-10-19(16(23)26-17(2,3)4)8-9-20(11)15(22)12-6-5-7-13(14(12)18)21(24)25/h5-7,11H,8-10H2,1-4H3/t11-/m0/s1. The molecule has 2 amide bonds. The van der Waals surface area contributed by atoms with Crippen LogP contribution in [-0.2, 0) is 4.74 Å². The maximum atomic E-state index is 12.8. The zero-order chi connectivity index (χ0) is 19.6. The monoisotopic (exact) mass is 427 g/mol.